The van der Waals surface area contributed by atoms with Crippen LogP contribution in [0.25, 0.3) is 0 Å². The number of hydrogen-bond donors (Lipinski definition) is 0. The molecular weight excluding hydrogens is 295 g/mol. The largest absolute Gasteiger partial charge is 0.372 e. The van der Waals surface area contributed by atoms with Crippen molar-refractivity contribution < 1.29 is 24.2 Å². The Morgan fingerprint density at radius 1 is 1.00 bits per heavy atom. The van der Waals surface area contributed by atoms with E-state index in [-0.39, 0.29) is 0 Å². The highest BCUT2D eigenvalue weighted by atomic mass is 32.5. The van der Waals surface area contributed by atoms with Gasteiger partial charge in [-0.25, -0.2) is 0 Å². The third-order valence-electron chi connectivity index (χ3n) is 2.53. The summed E-state index contributed by atoms with van der Waals surface area (Å²) in [6.45, 7) is 0.924. The normalized spacial score (nSPS) is 22.3. The summed E-state index contributed by atoms with van der Waals surface area (Å²) in [7, 11) is -9.99. The zero-order valence-corrected chi connectivity index (χ0v) is 10.9. The summed E-state index contributed by atoms with van der Waals surface area (Å²) in [5.41, 5.74) is 0. The molecule has 1 aliphatic heterocycles. The van der Waals surface area contributed by atoms with Gasteiger partial charge in [-0.1, -0.05) is 25.5 Å². The van der Waals surface area contributed by atoms with Crippen LogP contribution in [-0.4, -0.2) is 24.7 Å². The minimum Gasteiger partial charge on any atom is -0.372 e. The molecule has 0 unspecified atom stereocenters. The molecule has 0 aliphatic carbocycles. The van der Waals surface area contributed by atoms with Crippen LogP contribution in [0, 0.1) is 0 Å². The third kappa shape index (κ3) is 3.30. The fourth-order valence-corrected chi connectivity index (χ4v) is 4.29. The van der Waals surface area contributed by atoms with Crippen molar-refractivity contribution in [2.75, 3.05) is 24.7 Å². The van der Waals surface area contributed by atoms with Gasteiger partial charge in [0.1, 0.15) is 16.4 Å². The first kappa shape index (κ1) is 14.0. The Hall–Kier alpha value is -0.470. The van der Waals surface area contributed by atoms with Crippen molar-refractivity contribution in [3.8, 4) is 0 Å². The monoisotopic (exact) mass is 307 g/mol. The van der Waals surface area contributed by atoms with E-state index in [9.17, 15) is 19.4 Å². The van der Waals surface area contributed by atoms with Crippen LogP contribution in [-0.2, 0) is 15.6 Å². The summed E-state index contributed by atoms with van der Waals surface area (Å²) >= 11 is 0. The van der Waals surface area contributed by atoms with Gasteiger partial charge in [-0.15, -0.1) is 0 Å². The molecule has 1 aromatic rings. The third-order valence-corrected chi connectivity index (χ3v) is 5.92. The topological polar surface area (TPSA) is 9.23 Å². The molecule has 1 aliphatic rings. The van der Waals surface area contributed by atoms with Crippen molar-refractivity contribution in [1.82, 2.24) is 0 Å². The van der Waals surface area contributed by atoms with Gasteiger partial charge in [0, 0.05) is 17.0 Å². The molecule has 0 spiro atoms. The lowest BCUT2D eigenvalue weighted by Crippen LogP contribution is -2.26. The van der Waals surface area contributed by atoms with Gasteiger partial charge in [0.15, 0.2) is 4.90 Å². The van der Waals surface area contributed by atoms with Crippen LogP contribution in [0.1, 0.15) is 0 Å². The van der Waals surface area contributed by atoms with E-state index < -0.39 is 26.0 Å². The van der Waals surface area contributed by atoms with Crippen LogP contribution in [0.5, 0.6) is 0 Å². The van der Waals surface area contributed by atoms with Gasteiger partial charge in [0.2, 0.25) is 0 Å². The van der Waals surface area contributed by atoms with E-state index in [0.717, 1.165) is 6.07 Å². The molecule has 1 nitrogen and oxygen atoms in total. The van der Waals surface area contributed by atoms with Crippen LogP contribution in [0.15, 0.2) is 34.1 Å². The van der Waals surface area contributed by atoms with Gasteiger partial charge >= 0.3 is 10.2 Å². The minimum absolute atomic E-state index is 0.337. The summed E-state index contributed by atoms with van der Waals surface area (Å²) in [6, 6.07) is 3.55. The predicted octanol–water partition coefficient (Wildman–Crippen LogP) is 4.35. The molecule has 0 atom stereocenters. The van der Waals surface area contributed by atoms with Crippen molar-refractivity contribution in [3.05, 3.63) is 24.3 Å². The first-order chi connectivity index (χ1) is 8.06. The first-order valence-electron chi connectivity index (χ1n) is 5.16. The van der Waals surface area contributed by atoms with Gasteiger partial charge in [-0.3, -0.25) is 0 Å². The van der Waals surface area contributed by atoms with E-state index in [2.05, 4.69) is 0 Å². The highest BCUT2D eigenvalue weighted by molar-refractivity contribution is 8.45. The van der Waals surface area contributed by atoms with E-state index in [1.807, 2.05) is 0 Å². The van der Waals surface area contributed by atoms with Gasteiger partial charge in [-0.2, -0.15) is 0 Å². The molecule has 0 radical (unpaired) electrons. The Morgan fingerprint density at radius 2 is 1.61 bits per heavy atom. The Morgan fingerprint density at radius 3 is 2.17 bits per heavy atom. The molecule has 1 heterocycles. The minimum atomic E-state index is -9.56. The molecule has 0 amide bonds. The zero-order valence-electron chi connectivity index (χ0n) is 9.25. The molecule has 1 saturated heterocycles. The number of rotatable bonds is 2. The van der Waals surface area contributed by atoms with Crippen molar-refractivity contribution in [2.45, 2.75) is 9.79 Å². The molecule has 1 aromatic carbocycles. The summed E-state index contributed by atoms with van der Waals surface area (Å²) in [5.74, 6) is 1.17. The molecule has 1 fully saturated rings. The molecule has 0 N–H and O–H groups in total. The molecule has 2 rings (SSSR count). The molecule has 18 heavy (non-hydrogen) atoms. The van der Waals surface area contributed by atoms with Gasteiger partial charge < -0.3 is 4.74 Å². The van der Waals surface area contributed by atoms with Crippen LogP contribution >= 0.6 is 10.2 Å². The predicted molar refractivity (Wildman–Crippen MR) is 64.0 cm³/mol. The first-order valence-corrected chi connectivity index (χ1v) is 8.67. The maximum atomic E-state index is 12.7. The van der Waals surface area contributed by atoms with E-state index >= 15 is 0 Å². The highest BCUT2D eigenvalue weighted by Gasteiger charge is 2.65. The number of halogens is 5. The van der Waals surface area contributed by atoms with E-state index in [1.54, 1.807) is 0 Å². The summed E-state index contributed by atoms with van der Waals surface area (Å²) in [4.78, 5) is -1.46. The van der Waals surface area contributed by atoms with Gasteiger partial charge in [0.25, 0.3) is 0 Å². The highest BCUT2D eigenvalue weighted by Crippen LogP contribution is 3.02. The molecule has 104 valence electrons. The SMILES string of the molecule is FS(F)(F)(F)(F)c1cccc([S+]2CCOCC2)c1. The van der Waals surface area contributed by atoms with Gasteiger partial charge in [-0.05, 0) is 12.1 Å². The maximum absolute atomic E-state index is 12.7. The smallest absolute Gasteiger partial charge is 0.310 e. The Labute approximate surface area is 104 Å². The second-order valence-corrected chi connectivity index (χ2v) is 8.64. The van der Waals surface area contributed by atoms with Crippen molar-refractivity contribution in [3.63, 3.8) is 0 Å². The number of hydrogen-bond acceptors (Lipinski definition) is 1. The second kappa shape index (κ2) is 3.77. The summed E-state index contributed by atoms with van der Waals surface area (Å²) in [5, 5.41) is 0. The average molecular weight is 307 g/mol. The van der Waals surface area contributed by atoms with Crippen molar-refractivity contribution >= 4 is 21.1 Å². The van der Waals surface area contributed by atoms with E-state index in [0.29, 0.717) is 41.7 Å². The van der Waals surface area contributed by atoms with E-state index in [4.69, 9.17) is 4.74 Å². The van der Waals surface area contributed by atoms with Crippen LogP contribution in [0.3, 0.4) is 0 Å². The van der Waals surface area contributed by atoms with Crippen LogP contribution in [0.4, 0.5) is 19.4 Å². The summed E-state index contributed by atoms with van der Waals surface area (Å²) in [6.07, 6.45) is 0. The fourth-order valence-electron chi connectivity index (χ4n) is 1.65. The summed E-state index contributed by atoms with van der Waals surface area (Å²) < 4.78 is 68.5. The molecule has 0 saturated carbocycles. The number of benzene rings is 1. The van der Waals surface area contributed by atoms with Gasteiger partial charge in [0.05, 0.1) is 13.2 Å². The lowest BCUT2D eigenvalue weighted by Gasteiger charge is -2.40. The molecule has 8 heteroatoms. The quantitative estimate of drug-likeness (QED) is 0.583. The molecule has 0 bridgehead atoms. The van der Waals surface area contributed by atoms with Crippen LogP contribution in [0.2, 0.25) is 0 Å². The van der Waals surface area contributed by atoms with Crippen molar-refractivity contribution in [1.29, 1.82) is 0 Å². The average Bonchev–Trinajstić information content (AvgIpc) is 2.28. The zero-order chi connectivity index (χ0) is 13.5. The Balaban J connectivity index is 2.37. The van der Waals surface area contributed by atoms with Crippen molar-refractivity contribution in [2.24, 2.45) is 0 Å². The number of ether oxygens (including phenoxy) is 1. The Kier molecular flexibility index (Phi) is 2.92. The van der Waals surface area contributed by atoms with Crippen LogP contribution < -0.4 is 0 Å². The van der Waals surface area contributed by atoms with E-state index in [1.165, 1.54) is 6.07 Å². The molecular formula is C10H12F5OS2+. The molecule has 0 aromatic heterocycles. The second-order valence-electron chi connectivity index (χ2n) is 3.96. The standard InChI is InChI=1S/C10H12F5OS2/c11-18(12,13,14,15)10-3-1-2-9(8-10)17-6-4-16-5-7-17/h1-3,8H,4-7H2/q+1. The lowest BCUT2D eigenvalue weighted by molar-refractivity contribution is 0.159. The Bertz CT molecular complexity index is 452. The maximum Gasteiger partial charge on any atom is 0.310 e. The lowest BCUT2D eigenvalue weighted by atomic mass is 10.4. The fraction of sp³-hybridized carbons (Fsp3) is 0.400.